The third kappa shape index (κ3) is 7.84. The quantitative estimate of drug-likeness (QED) is 0.185. The third-order valence-electron chi connectivity index (χ3n) is 10.9. The second kappa shape index (κ2) is 15.4. The van der Waals surface area contributed by atoms with E-state index in [-0.39, 0.29) is 29.4 Å². The number of aliphatic hydroxyl groups is 1. The Labute approximate surface area is 307 Å². The van der Waals surface area contributed by atoms with E-state index >= 15 is 0 Å². The summed E-state index contributed by atoms with van der Waals surface area (Å²) in [6.07, 6.45) is 7.82. The van der Waals surface area contributed by atoms with E-state index in [2.05, 4.69) is 34.9 Å². The van der Waals surface area contributed by atoms with E-state index in [1.165, 1.54) is 15.4 Å². The fourth-order valence-corrected chi connectivity index (χ4v) is 9.51. The van der Waals surface area contributed by atoms with Crippen LogP contribution >= 0.6 is 11.6 Å². The number of fused-ring (bicyclic) bond motifs is 3. The highest BCUT2D eigenvalue weighted by molar-refractivity contribution is 7.87. The van der Waals surface area contributed by atoms with Gasteiger partial charge in [0.15, 0.2) is 0 Å². The number of ether oxygens (including phenoxy) is 2. The fraction of sp³-hybridized carbons (Fsp3) is 0.425. The maximum Gasteiger partial charge on any atom is 0.304 e. The molecule has 272 valence electrons. The Bertz CT molecular complexity index is 1870. The Balaban J connectivity index is 1.31. The van der Waals surface area contributed by atoms with E-state index in [9.17, 15) is 18.3 Å². The molecule has 0 saturated heterocycles. The maximum absolute atomic E-state index is 13.9. The summed E-state index contributed by atoms with van der Waals surface area (Å²) in [7, 11) is -2.71. The molecule has 51 heavy (non-hydrogen) atoms. The van der Waals surface area contributed by atoms with Crippen molar-refractivity contribution in [3.8, 4) is 11.5 Å². The second-order valence-electron chi connectivity index (χ2n) is 14.2. The molecule has 6 rings (SSSR count). The largest absolute Gasteiger partial charge is 0.497 e. The number of methoxy groups -OCH3 is 1. The fourth-order valence-electron chi connectivity index (χ4n) is 7.97. The van der Waals surface area contributed by atoms with Crippen molar-refractivity contribution in [1.82, 2.24) is 9.03 Å². The van der Waals surface area contributed by atoms with Crippen molar-refractivity contribution >= 4 is 33.4 Å². The van der Waals surface area contributed by atoms with Crippen LogP contribution in [0.25, 0.3) is 0 Å². The number of aryl methyl sites for hydroxylation is 1. The van der Waals surface area contributed by atoms with Crippen molar-refractivity contribution in [3.05, 3.63) is 113 Å². The second-order valence-corrected chi connectivity index (χ2v) is 16.3. The van der Waals surface area contributed by atoms with Crippen LogP contribution in [0.15, 0.2) is 86.0 Å². The number of benzene rings is 3. The predicted molar refractivity (Wildman–Crippen MR) is 202 cm³/mol. The minimum Gasteiger partial charge on any atom is -0.497 e. The lowest BCUT2D eigenvalue weighted by Gasteiger charge is -2.45. The van der Waals surface area contributed by atoms with Gasteiger partial charge in [0.25, 0.3) is 5.91 Å². The summed E-state index contributed by atoms with van der Waals surface area (Å²) < 4.78 is 43.2. The van der Waals surface area contributed by atoms with E-state index in [4.69, 9.17) is 21.1 Å². The van der Waals surface area contributed by atoms with Crippen molar-refractivity contribution in [1.29, 1.82) is 0 Å². The van der Waals surface area contributed by atoms with Crippen LogP contribution in [0.5, 0.6) is 11.5 Å². The summed E-state index contributed by atoms with van der Waals surface area (Å²) >= 11 is 6.42. The molecule has 1 spiro atoms. The SMILES string of the molecule is C=CC[C@H](C)N(Cc1ccc(OC)cc1)S(=O)(=O)NC(=O)c1ccc2c(c1)N(C[C@@H]1CC[C@H]1[C@@H](O)C=C)C[C@@]1(CCCc3cc(Cl)ccc31)CO2. The number of rotatable bonds is 13. The maximum atomic E-state index is 13.9. The van der Waals surface area contributed by atoms with E-state index in [0.29, 0.717) is 42.6 Å². The topological polar surface area (TPSA) is 108 Å². The molecule has 0 unspecified atom stereocenters. The summed E-state index contributed by atoms with van der Waals surface area (Å²) in [6.45, 7) is 11.2. The summed E-state index contributed by atoms with van der Waals surface area (Å²) in [5.41, 5.74) is 3.81. The number of carbonyl (C=O) groups excluding carboxylic acids is 1. The van der Waals surface area contributed by atoms with Crippen LogP contribution in [0.1, 0.15) is 66.1 Å². The molecule has 3 aliphatic rings. The smallest absolute Gasteiger partial charge is 0.304 e. The molecule has 9 nitrogen and oxygen atoms in total. The molecular weight excluding hydrogens is 686 g/mol. The van der Waals surface area contributed by atoms with E-state index in [0.717, 1.165) is 43.4 Å². The first kappa shape index (κ1) is 36.9. The zero-order chi connectivity index (χ0) is 36.3. The number of hydrogen-bond acceptors (Lipinski definition) is 7. The lowest BCUT2D eigenvalue weighted by molar-refractivity contribution is 0.0460. The average molecular weight is 734 g/mol. The van der Waals surface area contributed by atoms with Crippen LogP contribution in [-0.2, 0) is 28.6 Å². The first-order valence-corrected chi connectivity index (χ1v) is 19.5. The van der Waals surface area contributed by atoms with Crippen LogP contribution in [0.4, 0.5) is 5.69 Å². The summed E-state index contributed by atoms with van der Waals surface area (Å²) in [4.78, 5) is 16.1. The molecule has 0 aromatic heterocycles. The van der Waals surface area contributed by atoms with E-state index in [1.54, 1.807) is 68.7 Å². The van der Waals surface area contributed by atoms with Crippen molar-refractivity contribution < 1.29 is 27.8 Å². The molecule has 2 N–H and O–H groups in total. The Morgan fingerprint density at radius 1 is 1.18 bits per heavy atom. The van der Waals surface area contributed by atoms with Crippen molar-refractivity contribution in [2.75, 3.05) is 31.7 Å². The van der Waals surface area contributed by atoms with Gasteiger partial charge >= 0.3 is 10.2 Å². The van der Waals surface area contributed by atoms with Crippen LogP contribution < -0.4 is 19.1 Å². The summed E-state index contributed by atoms with van der Waals surface area (Å²) in [5.74, 6) is 0.866. The van der Waals surface area contributed by atoms with Gasteiger partial charge in [-0.25, -0.2) is 4.72 Å². The van der Waals surface area contributed by atoms with Crippen LogP contribution in [0.3, 0.4) is 0 Å². The molecule has 5 atom stereocenters. The summed E-state index contributed by atoms with van der Waals surface area (Å²) in [5, 5.41) is 11.4. The van der Waals surface area contributed by atoms with Crippen LogP contribution in [0, 0.1) is 11.8 Å². The number of nitrogens with zero attached hydrogens (tertiary/aromatic N) is 2. The van der Waals surface area contributed by atoms with Gasteiger partial charge in [-0.15, -0.1) is 13.2 Å². The normalized spacial score (nSPS) is 22.4. The molecule has 1 aliphatic heterocycles. The number of halogens is 1. The Morgan fingerprint density at radius 3 is 2.65 bits per heavy atom. The van der Waals surface area contributed by atoms with Crippen LogP contribution in [-0.4, -0.2) is 62.7 Å². The third-order valence-corrected chi connectivity index (χ3v) is 12.7. The van der Waals surface area contributed by atoms with Crippen molar-refractivity contribution in [3.63, 3.8) is 0 Å². The molecule has 1 amide bonds. The van der Waals surface area contributed by atoms with Gasteiger partial charge in [-0.1, -0.05) is 42.0 Å². The van der Waals surface area contributed by atoms with E-state index in [1.807, 2.05) is 6.07 Å². The monoisotopic (exact) mass is 733 g/mol. The van der Waals surface area contributed by atoms with Crippen molar-refractivity contribution in [2.24, 2.45) is 11.8 Å². The molecule has 1 fully saturated rings. The van der Waals surface area contributed by atoms with Gasteiger partial charge in [-0.2, -0.15) is 12.7 Å². The van der Waals surface area contributed by atoms with Crippen LogP contribution in [0.2, 0.25) is 5.02 Å². The molecule has 2 aliphatic carbocycles. The number of nitrogens with one attached hydrogen (secondary N) is 1. The highest BCUT2D eigenvalue weighted by Crippen LogP contribution is 2.46. The zero-order valence-electron chi connectivity index (χ0n) is 29.4. The lowest BCUT2D eigenvalue weighted by Crippen LogP contribution is -2.49. The molecule has 1 heterocycles. The highest BCUT2D eigenvalue weighted by atomic mass is 35.5. The van der Waals surface area contributed by atoms with Gasteiger partial charge in [0.05, 0.1) is 25.5 Å². The van der Waals surface area contributed by atoms with Gasteiger partial charge in [-0.3, -0.25) is 4.79 Å². The minimum absolute atomic E-state index is 0.0568. The first-order chi connectivity index (χ1) is 24.5. The number of anilines is 1. The number of hydrogen-bond donors (Lipinski definition) is 2. The van der Waals surface area contributed by atoms with Gasteiger partial charge in [0.1, 0.15) is 11.5 Å². The van der Waals surface area contributed by atoms with Gasteiger partial charge in [-0.05, 0) is 116 Å². The predicted octanol–water partition coefficient (Wildman–Crippen LogP) is 6.84. The van der Waals surface area contributed by atoms with E-state index < -0.39 is 28.3 Å². The number of amides is 1. The lowest BCUT2D eigenvalue weighted by atomic mass is 9.68. The van der Waals surface area contributed by atoms with Crippen molar-refractivity contribution in [2.45, 2.75) is 69.6 Å². The highest BCUT2D eigenvalue weighted by Gasteiger charge is 2.44. The standard InChI is InChI=1S/C40H48ClN3O6S/c1-5-8-27(3)44(23-28-10-15-33(49-4)16-11-28)51(47,48)42-39(46)30-13-19-38-36(22-30)43(24-31-12-17-34(31)37(45)6-2)25-40(26-50-38)20-7-9-29-21-32(41)14-18-35(29)40/h5-6,10-11,13-16,18-19,21-22,27,31,34,37,45H,1-2,7-9,12,17,20,23-26H2,3-4H3,(H,42,46)/t27-,31-,34+,37-,40-/m0/s1. The zero-order valence-corrected chi connectivity index (χ0v) is 31.0. The summed E-state index contributed by atoms with van der Waals surface area (Å²) in [6, 6.07) is 17.9. The number of aliphatic hydroxyl groups excluding tert-OH is 1. The van der Waals surface area contributed by atoms with Gasteiger partial charge in [0, 0.05) is 41.7 Å². The van der Waals surface area contributed by atoms with Gasteiger partial charge < -0.3 is 19.5 Å². The molecule has 11 heteroatoms. The molecule has 1 saturated carbocycles. The Kier molecular flexibility index (Phi) is 11.2. The molecule has 3 aromatic carbocycles. The Hall–Kier alpha value is -3.83. The minimum atomic E-state index is -4.28. The number of carbonyl (C=O) groups is 1. The van der Waals surface area contributed by atoms with Gasteiger partial charge in [0.2, 0.25) is 0 Å². The average Bonchev–Trinajstić information content (AvgIpc) is 3.25. The molecule has 0 radical (unpaired) electrons. The Morgan fingerprint density at radius 2 is 1.96 bits per heavy atom. The molecule has 0 bridgehead atoms. The molecular formula is C40H48ClN3O6S. The molecule has 3 aromatic rings. The first-order valence-electron chi connectivity index (χ1n) is 17.7.